The zero-order valence-electron chi connectivity index (χ0n) is 14.9. The van der Waals surface area contributed by atoms with Crippen molar-refractivity contribution in [2.45, 2.75) is 48.9 Å². The molecule has 0 amide bonds. The lowest BCUT2D eigenvalue weighted by atomic mass is 9.97. The van der Waals surface area contributed by atoms with E-state index in [0.717, 1.165) is 20.9 Å². The number of hydrogen-bond acceptors (Lipinski definition) is 5. The van der Waals surface area contributed by atoms with Crippen LogP contribution in [0.4, 0.5) is 0 Å². The van der Waals surface area contributed by atoms with Crippen molar-refractivity contribution in [2.75, 3.05) is 6.61 Å². The number of oxime groups is 1. The summed E-state index contributed by atoms with van der Waals surface area (Å²) in [5.41, 5.74) is 2.20. The molecule has 1 unspecified atom stereocenters. The quantitative estimate of drug-likeness (QED) is 0.473. The van der Waals surface area contributed by atoms with Crippen LogP contribution in [0.25, 0.3) is 0 Å². The second-order valence-electron chi connectivity index (χ2n) is 6.86. The second kappa shape index (κ2) is 6.83. The second-order valence-corrected chi connectivity index (χ2v) is 8.01. The standard InChI is InChI=1S/C20H23NO3S/c1-14(21-22)15-8-10-17(11-9-15)25-18-7-5-6-16(12-18)20(4)13-23-19(2,3)24-20/h5-12,22H,13H2,1-4H3/b21-14+. The molecule has 1 N–H and O–H groups in total. The first-order valence-corrected chi connectivity index (χ1v) is 9.05. The molecule has 1 aliphatic heterocycles. The molecule has 132 valence electrons. The van der Waals surface area contributed by atoms with Crippen molar-refractivity contribution < 1.29 is 14.7 Å². The van der Waals surface area contributed by atoms with E-state index in [4.69, 9.17) is 14.7 Å². The van der Waals surface area contributed by atoms with Gasteiger partial charge in [0.1, 0.15) is 5.60 Å². The molecule has 3 rings (SSSR count). The molecule has 1 heterocycles. The molecule has 1 saturated heterocycles. The Kier molecular flexibility index (Phi) is 4.91. The summed E-state index contributed by atoms with van der Waals surface area (Å²) in [4.78, 5) is 2.27. The van der Waals surface area contributed by atoms with Gasteiger partial charge in [-0.15, -0.1) is 0 Å². The average molecular weight is 357 g/mol. The summed E-state index contributed by atoms with van der Waals surface area (Å²) in [5.74, 6) is -0.556. The van der Waals surface area contributed by atoms with Gasteiger partial charge in [-0.25, -0.2) is 0 Å². The summed E-state index contributed by atoms with van der Waals surface area (Å²) in [7, 11) is 0. The van der Waals surface area contributed by atoms with Gasteiger partial charge in [-0.05, 0) is 63.1 Å². The average Bonchev–Trinajstić information content (AvgIpc) is 2.89. The van der Waals surface area contributed by atoms with Crippen molar-refractivity contribution in [3.8, 4) is 0 Å². The van der Waals surface area contributed by atoms with Crippen molar-refractivity contribution in [3.05, 3.63) is 59.7 Å². The Bertz CT molecular complexity index is 786. The molecule has 25 heavy (non-hydrogen) atoms. The highest BCUT2D eigenvalue weighted by molar-refractivity contribution is 7.99. The molecule has 5 heteroatoms. The van der Waals surface area contributed by atoms with Crippen molar-refractivity contribution >= 4 is 17.5 Å². The fraction of sp³-hybridized carbons (Fsp3) is 0.350. The van der Waals surface area contributed by atoms with Crippen LogP contribution in [0, 0.1) is 0 Å². The van der Waals surface area contributed by atoms with Gasteiger partial charge in [-0.3, -0.25) is 0 Å². The summed E-state index contributed by atoms with van der Waals surface area (Å²) in [6, 6.07) is 16.4. The van der Waals surface area contributed by atoms with Gasteiger partial charge in [0.2, 0.25) is 0 Å². The normalized spacial score (nSPS) is 23.0. The van der Waals surface area contributed by atoms with Gasteiger partial charge in [0, 0.05) is 9.79 Å². The van der Waals surface area contributed by atoms with Crippen LogP contribution in [0.1, 0.15) is 38.8 Å². The molecule has 0 spiro atoms. The highest BCUT2D eigenvalue weighted by Crippen LogP contribution is 2.40. The summed E-state index contributed by atoms with van der Waals surface area (Å²) >= 11 is 1.69. The third-order valence-electron chi connectivity index (χ3n) is 4.27. The lowest BCUT2D eigenvalue weighted by Crippen LogP contribution is -2.28. The summed E-state index contributed by atoms with van der Waals surface area (Å²) in [6.07, 6.45) is 0. The minimum Gasteiger partial charge on any atom is -0.411 e. The molecule has 1 atom stereocenters. The van der Waals surface area contributed by atoms with Gasteiger partial charge in [-0.1, -0.05) is 41.2 Å². The van der Waals surface area contributed by atoms with E-state index in [1.807, 2.05) is 38.1 Å². The topological polar surface area (TPSA) is 51.1 Å². The minimum atomic E-state index is -0.556. The van der Waals surface area contributed by atoms with Crippen molar-refractivity contribution in [1.82, 2.24) is 0 Å². The first-order valence-electron chi connectivity index (χ1n) is 8.23. The zero-order chi connectivity index (χ0) is 18.1. The minimum absolute atomic E-state index is 0.432. The molecule has 2 aromatic carbocycles. The smallest absolute Gasteiger partial charge is 0.164 e. The first-order chi connectivity index (χ1) is 11.8. The molecular formula is C20H23NO3S. The maximum Gasteiger partial charge on any atom is 0.164 e. The number of rotatable bonds is 4. The van der Waals surface area contributed by atoms with Crippen LogP contribution in [0.3, 0.4) is 0 Å². The third kappa shape index (κ3) is 4.06. The monoisotopic (exact) mass is 357 g/mol. The van der Waals surface area contributed by atoms with Gasteiger partial charge in [0.05, 0.1) is 12.3 Å². The highest BCUT2D eigenvalue weighted by Gasteiger charge is 2.43. The zero-order valence-corrected chi connectivity index (χ0v) is 15.8. The fourth-order valence-corrected chi connectivity index (χ4v) is 3.78. The first kappa shape index (κ1) is 18.0. The van der Waals surface area contributed by atoms with Crippen LogP contribution in [0.5, 0.6) is 0 Å². The SMILES string of the molecule is C/C(=N\O)c1ccc(Sc2cccc(C3(C)COC(C)(C)O3)c2)cc1. The highest BCUT2D eigenvalue weighted by atomic mass is 32.2. The van der Waals surface area contributed by atoms with Crippen LogP contribution in [-0.2, 0) is 15.1 Å². The maximum atomic E-state index is 8.85. The molecule has 0 aromatic heterocycles. The Hall–Kier alpha value is -1.82. The molecule has 1 fully saturated rings. The number of nitrogens with zero attached hydrogens (tertiary/aromatic N) is 1. The predicted molar refractivity (Wildman–Crippen MR) is 99.5 cm³/mol. The predicted octanol–water partition coefficient (Wildman–Crippen LogP) is 5.03. The molecular weight excluding hydrogens is 334 g/mol. The summed E-state index contributed by atoms with van der Waals surface area (Å²) in [5, 5.41) is 12.1. The van der Waals surface area contributed by atoms with Gasteiger partial charge in [0.15, 0.2) is 5.79 Å². The van der Waals surface area contributed by atoms with Gasteiger partial charge < -0.3 is 14.7 Å². The van der Waals surface area contributed by atoms with Crippen LogP contribution in [0.2, 0.25) is 0 Å². The molecule has 2 aromatic rings. The van der Waals surface area contributed by atoms with E-state index in [0.29, 0.717) is 12.3 Å². The number of hydrogen-bond donors (Lipinski definition) is 1. The largest absolute Gasteiger partial charge is 0.411 e. The van der Waals surface area contributed by atoms with E-state index in [9.17, 15) is 0 Å². The van der Waals surface area contributed by atoms with Crippen LogP contribution in [-0.4, -0.2) is 23.3 Å². The number of ether oxygens (including phenoxy) is 2. The Morgan fingerprint density at radius 2 is 1.80 bits per heavy atom. The van der Waals surface area contributed by atoms with E-state index in [2.05, 4.69) is 36.3 Å². The summed E-state index contributed by atoms with van der Waals surface area (Å²) in [6.45, 7) is 8.27. The summed E-state index contributed by atoms with van der Waals surface area (Å²) < 4.78 is 11.9. The van der Waals surface area contributed by atoms with Crippen LogP contribution < -0.4 is 0 Å². The molecule has 1 aliphatic rings. The third-order valence-corrected chi connectivity index (χ3v) is 5.27. The van der Waals surface area contributed by atoms with Gasteiger partial charge in [0.25, 0.3) is 0 Å². The Morgan fingerprint density at radius 1 is 1.08 bits per heavy atom. The van der Waals surface area contributed by atoms with Crippen LogP contribution in [0.15, 0.2) is 63.5 Å². The molecule has 4 nitrogen and oxygen atoms in total. The fourth-order valence-electron chi connectivity index (χ4n) is 2.90. The van der Waals surface area contributed by atoms with E-state index < -0.39 is 11.4 Å². The van der Waals surface area contributed by atoms with Gasteiger partial charge >= 0.3 is 0 Å². The Balaban J connectivity index is 1.78. The lowest BCUT2D eigenvalue weighted by molar-refractivity contribution is -0.159. The van der Waals surface area contributed by atoms with E-state index >= 15 is 0 Å². The van der Waals surface area contributed by atoms with Crippen molar-refractivity contribution in [1.29, 1.82) is 0 Å². The molecule has 0 bridgehead atoms. The van der Waals surface area contributed by atoms with E-state index in [1.54, 1.807) is 18.7 Å². The molecule has 0 aliphatic carbocycles. The Morgan fingerprint density at radius 3 is 2.40 bits per heavy atom. The lowest BCUT2D eigenvalue weighted by Gasteiger charge is -2.26. The Labute approximate surface area is 152 Å². The molecule has 0 saturated carbocycles. The van der Waals surface area contributed by atoms with Crippen molar-refractivity contribution in [2.24, 2.45) is 5.16 Å². The van der Waals surface area contributed by atoms with Crippen LogP contribution >= 0.6 is 11.8 Å². The van der Waals surface area contributed by atoms with E-state index in [1.165, 1.54) is 0 Å². The van der Waals surface area contributed by atoms with Crippen molar-refractivity contribution in [3.63, 3.8) is 0 Å². The molecule has 0 radical (unpaired) electrons. The number of benzene rings is 2. The van der Waals surface area contributed by atoms with Gasteiger partial charge in [-0.2, -0.15) is 0 Å². The van der Waals surface area contributed by atoms with E-state index in [-0.39, 0.29) is 0 Å². The maximum absolute atomic E-state index is 8.85.